The van der Waals surface area contributed by atoms with E-state index in [1.807, 2.05) is 0 Å². The Hall–Kier alpha value is -1.55. The number of nitrogens with one attached hydrogen (secondary N) is 1. The van der Waals surface area contributed by atoms with Crippen molar-refractivity contribution < 1.29 is 26.1 Å². The predicted molar refractivity (Wildman–Crippen MR) is 90.3 cm³/mol. The second-order valence-electron chi connectivity index (χ2n) is 5.83. The minimum atomic E-state index is -4.54. The molecule has 140 valence electrons. The third kappa shape index (κ3) is 3.90. The van der Waals surface area contributed by atoms with Crippen molar-refractivity contribution in [3.05, 3.63) is 51.1 Å². The molecule has 0 bridgehead atoms. The zero-order valence-corrected chi connectivity index (χ0v) is 15.1. The maximum absolute atomic E-state index is 12.7. The van der Waals surface area contributed by atoms with Crippen molar-refractivity contribution in [2.75, 3.05) is 5.32 Å². The van der Waals surface area contributed by atoms with Crippen LogP contribution in [0.25, 0.3) is 0 Å². The van der Waals surface area contributed by atoms with Crippen molar-refractivity contribution in [2.45, 2.75) is 30.0 Å². The maximum atomic E-state index is 12.7. The van der Waals surface area contributed by atoms with Gasteiger partial charge in [-0.15, -0.1) is 0 Å². The van der Waals surface area contributed by atoms with Crippen LogP contribution in [0.5, 0.6) is 0 Å². The molecule has 1 atom stereocenters. The zero-order chi connectivity index (χ0) is 19.3. The van der Waals surface area contributed by atoms with Gasteiger partial charge in [0.25, 0.3) is 10.1 Å². The molecule has 2 N–H and O–H groups in total. The molecule has 1 aliphatic carbocycles. The van der Waals surface area contributed by atoms with Gasteiger partial charge in [-0.1, -0.05) is 23.2 Å². The number of hydrogen-bond acceptors (Lipinski definition) is 4. The minimum Gasteiger partial charge on any atom is -0.365 e. The molecule has 1 unspecified atom stereocenters. The molecule has 0 amide bonds. The molecular formula is C15H11Cl2F3N2O3S. The van der Waals surface area contributed by atoms with Crippen LogP contribution >= 0.6 is 23.2 Å². The normalized spacial score (nSPS) is 17.2. The van der Waals surface area contributed by atoms with Crippen molar-refractivity contribution in [3.8, 4) is 0 Å². The SMILES string of the molecule is O=S(=O)(O)c1cc2c(cc1Cl)CC(Nc1ncc(C(F)(F)F)cc1Cl)C2. The number of fused-ring (bicyclic) bond motifs is 1. The first-order chi connectivity index (χ1) is 11.9. The summed E-state index contributed by atoms with van der Waals surface area (Å²) < 4.78 is 69.8. The molecule has 3 rings (SSSR count). The first-order valence-corrected chi connectivity index (χ1v) is 9.43. The summed E-state index contributed by atoms with van der Waals surface area (Å²) >= 11 is 11.8. The van der Waals surface area contributed by atoms with E-state index in [2.05, 4.69) is 10.3 Å². The van der Waals surface area contributed by atoms with Gasteiger partial charge in [-0.2, -0.15) is 21.6 Å². The second-order valence-corrected chi connectivity index (χ2v) is 8.03. The van der Waals surface area contributed by atoms with Gasteiger partial charge in [-0.05, 0) is 42.2 Å². The van der Waals surface area contributed by atoms with Gasteiger partial charge in [-0.3, -0.25) is 4.55 Å². The van der Waals surface area contributed by atoms with Crippen LogP contribution in [-0.4, -0.2) is 24.0 Å². The number of rotatable bonds is 3. The molecular weight excluding hydrogens is 416 g/mol. The van der Waals surface area contributed by atoms with E-state index in [1.54, 1.807) is 0 Å². The molecule has 0 aliphatic heterocycles. The highest BCUT2D eigenvalue weighted by molar-refractivity contribution is 7.86. The van der Waals surface area contributed by atoms with Gasteiger partial charge in [0.1, 0.15) is 10.7 Å². The van der Waals surface area contributed by atoms with E-state index in [9.17, 15) is 26.1 Å². The van der Waals surface area contributed by atoms with Crippen molar-refractivity contribution in [3.63, 3.8) is 0 Å². The van der Waals surface area contributed by atoms with Crippen LogP contribution in [0.15, 0.2) is 29.3 Å². The first-order valence-electron chi connectivity index (χ1n) is 7.23. The molecule has 0 saturated heterocycles. The van der Waals surface area contributed by atoms with Gasteiger partial charge >= 0.3 is 6.18 Å². The minimum absolute atomic E-state index is 0.0959. The lowest BCUT2D eigenvalue weighted by Crippen LogP contribution is -2.20. The van der Waals surface area contributed by atoms with Crippen LogP contribution in [0.3, 0.4) is 0 Å². The second kappa shape index (κ2) is 6.56. The average molecular weight is 427 g/mol. The van der Waals surface area contributed by atoms with Crippen molar-refractivity contribution in [1.82, 2.24) is 4.98 Å². The van der Waals surface area contributed by atoms with Crippen LogP contribution in [-0.2, 0) is 29.1 Å². The molecule has 26 heavy (non-hydrogen) atoms. The number of nitrogens with zero attached hydrogens (tertiary/aromatic N) is 1. The van der Waals surface area contributed by atoms with E-state index in [4.69, 9.17) is 23.2 Å². The standard InChI is InChI=1S/C15H11Cl2F3N2O3S/c16-11-3-7-1-10(2-8(7)4-13(11)26(23,24)25)22-14-12(17)5-9(6-21-14)15(18,19)20/h3-6,10H,1-2H2,(H,21,22)(H,23,24,25). The molecule has 0 saturated carbocycles. The predicted octanol–water partition coefficient (Wildman–Crippen LogP) is 4.23. The highest BCUT2D eigenvalue weighted by Gasteiger charge is 2.32. The smallest absolute Gasteiger partial charge is 0.365 e. The maximum Gasteiger partial charge on any atom is 0.417 e. The Morgan fingerprint density at radius 3 is 2.27 bits per heavy atom. The van der Waals surface area contributed by atoms with Crippen molar-refractivity contribution in [2.24, 2.45) is 0 Å². The fourth-order valence-corrected chi connectivity index (χ4v) is 4.11. The van der Waals surface area contributed by atoms with Gasteiger partial charge in [0.2, 0.25) is 0 Å². The summed E-state index contributed by atoms with van der Waals surface area (Å²) in [5.41, 5.74) is 0.470. The van der Waals surface area contributed by atoms with Crippen LogP contribution in [0.4, 0.5) is 19.0 Å². The number of hydrogen-bond donors (Lipinski definition) is 2. The monoisotopic (exact) mass is 426 g/mol. The van der Waals surface area contributed by atoms with E-state index < -0.39 is 21.9 Å². The molecule has 0 radical (unpaired) electrons. The number of pyridine rings is 1. The van der Waals surface area contributed by atoms with Crippen LogP contribution in [0, 0.1) is 0 Å². The van der Waals surface area contributed by atoms with Gasteiger partial charge in [0.05, 0.1) is 15.6 Å². The molecule has 11 heteroatoms. The van der Waals surface area contributed by atoms with E-state index in [1.165, 1.54) is 12.1 Å². The molecule has 1 heterocycles. The lowest BCUT2D eigenvalue weighted by molar-refractivity contribution is -0.137. The van der Waals surface area contributed by atoms with E-state index in [0.29, 0.717) is 24.6 Å². The van der Waals surface area contributed by atoms with E-state index in [-0.39, 0.29) is 26.8 Å². The lowest BCUT2D eigenvalue weighted by atomic mass is 10.1. The summed E-state index contributed by atoms with van der Waals surface area (Å²) in [5.74, 6) is 0.0959. The Morgan fingerprint density at radius 1 is 1.12 bits per heavy atom. The molecule has 1 aromatic heterocycles. The summed E-state index contributed by atoms with van der Waals surface area (Å²) in [6, 6.07) is 3.26. The topological polar surface area (TPSA) is 79.3 Å². The fourth-order valence-electron chi connectivity index (χ4n) is 2.81. The van der Waals surface area contributed by atoms with Crippen LogP contribution in [0.2, 0.25) is 10.0 Å². The largest absolute Gasteiger partial charge is 0.417 e. The van der Waals surface area contributed by atoms with E-state index in [0.717, 1.165) is 11.6 Å². The van der Waals surface area contributed by atoms with Gasteiger partial charge in [0, 0.05) is 12.2 Å². The number of aromatic nitrogens is 1. The molecule has 1 aliphatic rings. The average Bonchev–Trinajstić information content (AvgIpc) is 2.87. The van der Waals surface area contributed by atoms with Crippen molar-refractivity contribution in [1.29, 1.82) is 0 Å². The summed E-state index contributed by atoms with van der Waals surface area (Å²) in [7, 11) is -4.45. The first kappa shape index (κ1) is 19.2. The number of halogens is 5. The third-order valence-corrected chi connectivity index (χ3v) is 5.58. The Labute approximate surface area is 156 Å². The zero-order valence-electron chi connectivity index (χ0n) is 12.8. The molecule has 1 aromatic carbocycles. The summed E-state index contributed by atoms with van der Waals surface area (Å²) in [4.78, 5) is 3.34. The molecule has 5 nitrogen and oxygen atoms in total. The Balaban J connectivity index is 1.81. The van der Waals surface area contributed by atoms with Gasteiger partial charge in [-0.25, -0.2) is 4.98 Å². The highest BCUT2D eigenvalue weighted by Crippen LogP contribution is 2.35. The number of alkyl halides is 3. The third-order valence-electron chi connectivity index (χ3n) is 3.97. The summed E-state index contributed by atoms with van der Waals surface area (Å²) in [5, 5.41) is 2.67. The van der Waals surface area contributed by atoms with Crippen LogP contribution < -0.4 is 5.32 Å². The molecule has 0 fully saturated rings. The Kier molecular flexibility index (Phi) is 4.85. The summed E-state index contributed by atoms with van der Waals surface area (Å²) in [6.45, 7) is 0. The number of anilines is 1. The highest BCUT2D eigenvalue weighted by atomic mass is 35.5. The lowest BCUT2D eigenvalue weighted by Gasteiger charge is -2.15. The number of benzene rings is 1. The Bertz CT molecular complexity index is 981. The van der Waals surface area contributed by atoms with Crippen LogP contribution in [0.1, 0.15) is 16.7 Å². The summed E-state index contributed by atoms with van der Waals surface area (Å²) in [6.07, 6.45) is -3.04. The Morgan fingerprint density at radius 2 is 1.73 bits per heavy atom. The van der Waals surface area contributed by atoms with Crippen molar-refractivity contribution >= 4 is 39.1 Å². The fraction of sp³-hybridized carbons (Fsp3) is 0.267. The molecule has 0 spiro atoms. The van der Waals surface area contributed by atoms with Gasteiger partial charge < -0.3 is 5.32 Å². The quantitative estimate of drug-likeness (QED) is 0.717. The molecule has 2 aromatic rings. The van der Waals surface area contributed by atoms with Gasteiger partial charge in [0.15, 0.2) is 0 Å². The van der Waals surface area contributed by atoms with E-state index >= 15 is 0 Å².